The van der Waals surface area contributed by atoms with E-state index in [-0.39, 0.29) is 27.8 Å². The maximum Gasteiger partial charge on any atom is 0.302 e. The molecule has 0 aliphatic heterocycles. The van der Waals surface area contributed by atoms with Crippen LogP contribution in [0.4, 0.5) is 0 Å². The molecule has 1 aromatic rings. The fourth-order valence-electron chi connectivity index (χ4n) is 7.82. The molecule has 4 aliphatic rings. The van der Waals surface area contributed by atoms with Crippen molar-refractivity contribution in [2.45, 2.75) is 90.1 Å². The van der Waals surface area contributed by atoms with Crippen molar-refractivity contribution in [1.82, 2.24) is 4.83 Å². The second-order valence-electron chi connectivity index (χ2n) is 11.7. The number of benzene rings is 1. The van der Waals surface area contributed by atoms with Crippen LogP contribution in [-0.2, 0) is 19.6 Å². The number of hydrogen-bond acceptors (Lipinski definition) is 5. The van der Waals surface area contributed by atoms with E-state index in [1.54, 1.807) is 24.3 Å². The first-order valence-electron chi connectivity index (χ1n) is 13.1. The molecule has 6 atom stereocenters. The van der Waals surface area contributed by atoms with Crippen molar-refractivity contribution in [3.8, 4) is 0 Å². The smallest absolute Gasteiger partial charge is 0.302 e. The summed E-state index contributed by atoms with van der Waals surface area (Å²) in [5.74, 6) is 1.55. The second-order valence-corrected chi connectivity index (χ2v) is 13.4. The van der Waals surface area contributed by atoms with Gasteiger partial charge in [-0.05, 0) is 87.2 Å². The molecule has 190 valence electrons. The molecule has 1 N–H and O–H groups in total. The van der Waals surface area contributed by atoms with E-state index in [1.807, 2.05) is 6.92 Å². The lowest BCUT2D eigenvalue weighted by atomic mass is 9.48. The number of hydrazone groups is 1. The highest BCUT2D eigenvalue weighted by atomic mass is 32.2. The molecule has 0 unspecified atom stereocenters. The van der Waals surface area contributed by atoms with Gasteiger partial charge in [0.1, 0.15) is 6.10 Å². The predicted molar refractivity (Wildman–Crippen MR) is 136 cm³/mol. The molecule has 1 aromatic carbocycles. The molecule has 0 radical (unpaired) electrons. The Morgan fingerprint density at radius 2 is 1.74 bits per heavy atom. The van der Waals surface area contributed by atoms with Crippen LogP contribution in [0.15, 0.2) is 45.9 Å². The Kier molecular flexibility index (Phi) is 6.14. The number of ether oxygens (including phenoxy) is 1. The Morgan fingerprint density at radius 3 is 2.46 bits per heavy atom. The van der Waals surface area contributed by atoms with E-state index in [0.717, 1.165) is 62.6 Å². The van der Waals surface area contributed by atoms with E-state index in [4.69, 9.17) is 4.74 Å². The summed E-state index contributed by atoms with van der Waals surface area (Å²) >= 11 is 0. The van der Waals surface area contributed by atoms with Crippen LogP contribution in [0, 0.1) is 35.5 Å². The lowest BCUT2D eigenvalue weighted by molar-refractivity contribution is -0.148. The lowest BCUT2D eigenvalue weighted by Crippen LogP contribution is -2.50. The van der Waals surface area contributed by atoms with Gasteiger partial charge in [-0.1, -0.05) is 43.2 Å². The Hall–Kier alpha value is -2.15. The van der Waals surface area contributed by atoms with Gasteiger partial charge in [0.25, 0.3) is 10.0 Å². The average Bonchev–Trinajstić information content (AvgIpc) is 3.14. The zero-order valence-corrected chi connectivity index (χ0v) is 22.2. The minimum atomic E-state index is -3.67. The maximum atomic E-state index is 12.8. The number of sulfonamides is 1. The molecule has 3 saturated carbocycles. The molecular formula is C28H38N2O4S. The molecule has 0 aromatic heterocycles. The van der Waals surface area contributed by atoms with Gasteiger partial charge in [-0.25, -0.2) is 4.83 Å². The number of fused-ring (bicyclic) bond motifs is 5. The zero-order valence-electron chi connectivity index (χ0n) is 21.3. The molecule has 0 saturated heterocycles. The van der Waals surface area contributed by atoms with Gasteiger partial charge in [0.15, 0.2) is 0 Å². The van der Waals surface area contributed by atoms with Crippen LogP contribution in [0.25, 0.3) is 0 Å². The van der Waals surface area contributed by atoms with Crippen molar-refractivity contribution in [2.24, 2.45) is 33.7 Å². The van der Waals surface area contributed by atoms with Crippen LogP contribution >= 0.6 is 0 Å². The van der Waals surface area contributed by atoms with E-state index >= 15 is 0 Å². The highest BCUT2D eigenvalue weighted by molar-refractivity contribution is 7.89. The minimum absolute atomic E-state index is 0.0176. The van der Waals surface area contributed by atoms with Crippen LogP contribution in [0.1, 0.15) is 77.7 Å². The lowest BCUT2D eigenvalue weighted by Gasteiger charge is -2.57. The first-order valence-corrected chi connectivity index (χ1v) is 14.5. The van der Waals surface area contributed by atoms with Crippen molar-refractivity contribution in [2.75, 3.05) is 0 Å². The summed E-state index contributed by atoms with van der Waals surface area (Å²) in [4.78, 5) is 14.3. The molecule has 3 fully saturated rings. The minimum Gasteiger partial charge on any atom is -0.462 e. The SMILES string of the molecule is CC(=O)O[C@@H]1CC[C@@]2(C)C(=CC[C@@H]3[C@@H]2CC[C@]2(C)/C(=N\NS(=O)(=O)c4ccc(C)cc4)CC[C@@H]32)C1. The van der Waals surface area contributed by atoms with Crippen molar-refractivity contribution < 1.29 is 17.9 Å². The molecule has 5 rings (SSSR count). The number of nitrogens with zero attached hydrogens (tertiary/aromatic N) is 1. The van der Waals surface area contributed by atoms with E-state index < -0.39 is 10.0 Å². The highest BCUT2D eigenvalue weighted by Crippen LogP contribution is 2.64. The summed E-state index contributed by atoms with van der Waals surface area (Å²) in [7, 11) is -3.67. The van der Waals surface area contributed by atoms with E-state index in [9.17, 15) is 13.2 Å². The standard InChI is InChI=1S/C28H38N2O4S/c1-18-5-8-22(9-6-18)35(32,33)30-29-26-12-11-24-23-10-7-20-17-21(34-19(2)31)13-15-27(20,3)25(23)14-16-28(24,26)4/h5-9,21,23-25,30H,10-17H2,1-4H3/b29-26-/t21-,23+,24+,25+,27+,28+/m1/s1. The van der Waals surface area contributed by atoms with Crippen LogP contribution in [0.3, 0.4) is 0 Å². The number of esters is 1. The predicted octanol–water partition coefficient (Wildman–Crippen LogP) is 5.52. The summed E-state index contributed by atoms with van der Waals surface area (Å²) < 4.78 is 31.2. The fourth-order valence-corrected chi connectivity index (χ4v) is 8.65. The Bertz CT molecular complexity index is 1170. The van der Waals surface area contributed by atoms with Gasteiger partial charge >= 0.3 is 5.97 Å². The number of hydrogen-bond donors (Lipinski definition) is 1. The number of allylic oxidation sites excluding steroid dienone is 1. The normalized spacial score (nSPS) is 37.6. The summed E-state index contributed by atoms with van der Waals surface area (Å²) in [6.45, 7) is 8.18. The van der Waals surface area contributed by atoms with Crippen molar-refractivity contribution >= 4 is 21.7 Å². The second kappa shape index (κ2) is 8.75. The van der Waals surface area contributed by atoms with Gasteiger partial charge in [0, 0.05) is 24.5 Å². The van der Waals surface area contributed by atoms with Gasteiger partial charge in [0.2, 0.25) is 0 Å². The highest BCUT2D eigenvalue weighted by Gasteiger charge is 2.58. The number of carbonyl (C=O) groups excluding carboxylic acids is 1. The number of carbonyl (C=O) groups is 1. The van der Waals surface area contributed by atoms with Crippen LogP contribution in [0.5, 0.6) is 0 Å². The van der Waals surface area contributed by atoms with E-state index in [2.05, 4.69) is 29.9 Å². The average molecular weight is 499 g/mol. The van der Waals surface area contributed by atoms with Crippen LogP contribution in [0.2, 0.25) is 0 Å². The Balaban J connectivity index is 1.34. The first kappa shape index (κ1) is 24.5. The first-order chi connectivity index (χ1) is 16.5. The third-order valence-corrected chi connectivity index (χ3v) is 11.0. The molecule has 7 heteroatoms. The van der Waals surface area contributed by atoms with Gasteiger partial charge in [-0.3, -0.25) is 4.79 Å². The number of rotatable bonds is 4. The molecule has 35 heavy (non-hydrogen) atoms. The van der Waals surface area contributed by atoms with Gasteiger partial charge in [-0.2, -0.15) is 13.5 Å². The van der Waals surface area contributed by atoms with Gasteiger partial charge in [0.05, 0.1) is 4.90 Å². The van der Waals surface area contributed by atoms with Crippen molar-refractivity contribution in [3.05, 3.63) is 41.5 Å². The number of aryl methyl sites for hydroxylation is 1. The summed E-state index contributed by atoms with van der Waals surface area (Å²) in [6.07, 6.45) is 10.5. The quantitative estimate of drug-likeness (QED) is 0.336. The molecule has 6 nitrogen and oxygen atoms in total. The summed E-state index contributed by atoms with van der Waals surface area (Å²) in [5.41, 5.74) is 3.63. The van der Waals surface area contributed by atoms with E-state index in [0.29, 0.717) is 17.8 Å². The van der Waals surface area contributed by atoms with Crippen molar-refractivity contribution in [1.29, 1.82) is 0 Å². The van der Waals surface area contributed by atoms with E-state index in [1.165, 1.54) is 12.5 Å². The fraction of sp³-hybridized carbons (Fsp3) is 0.643. The van der Waals surface area contributed by atoms with Gasteiger partial charge in [-0.15, -0.1) is 0 Å². The Labute approximate surface area is 209 Å². The monoisotopic (exact) mass is 498 g/mol. The summed E-state index contributed by atoms with van der Waals surface area (Å²) in [5, 5.41) is 4.54. The molecule has 0 bridgehead atoms. The molecule has 0 heterocycles. The van der Waals surface area contributed by atoms with Crippen LogP contribution in [-0.4, -0.2) is 26.2 Å². The molecule has 0 spiro atoms. The summed E-state index contributed by atoms with van der Waals surface area (Å²) in [6, 6.07) is 6.87. The zero-order chi connectivity index (χ0) is 25.0. The third kappa shape index (κ3) is 4.24. The Morgan fingerprint density at radius 1 is 1.06 bits per heavy atom. The van der Waals surface area contributed by atoms with Crippen LogP contribution < -0.4 is 4.83 Å². The largest absolute Gasteiger partial charge is 0.462 e. The third-order valence-electron chi connectivity index (χ3n) is 9.76. The molecular weight excluding hydrogens is 460 g/mol. The van der Waals surface area contributed by atoms with Gasteiger partial charge < -0.3 is 4.74 Å². The molecule has 4 aliphatic carbocycles. The van der Waals surface area contributed by atoms with Crippen molar-refractivity contribution in [3.63, 3.8) is 0 Å². The number of nitrogens with one attached hydrogen (secondary N) is 1. The maximum absolute atomic E-state index is 12.8. The topological polar surface area (TPSA) is 84.8 Å². The molecule has 0 amide bonds.